The fourth-order valence-corrected chi connectivity index (χ4v) is 2.51. The number of carbonyl (C=O) groups is 2. The molecule has 1 fully saturated rings. The topological polar surface area (TPSA) is 94.3 Å². The summed E-state index contributed by atoms with van der Waals surface area (Å²) in [4.78, 5) is 27.8. The van der Waals surface area contributed by atoms with Crippen molar-refractivity contribution >= 4 is 11.8 Å². The number of rotatable bonds is 8. The molecule has 26 heavy (non-hydrogen) atoms. The van der Waals surface area contributed by atoms with Crippen LogP contribution in [0.5, 0.6) is 5.75 Å². The number of alkyl halides is 3. The second-order valence-electron chi connectivity index (χ2n) is 6.84. The van der Waals surface area contributed by atoms with Gasteiger partial charge in [0.15, 0.2) is 6.61 Å². The lowest BCUT2D eigenvalue weighted by Crippen LogP contribution is -2.45. The molecule has 0 aliphatic heterocycles. The van der Waals surface area contributed by atoms with Crippen molar-refractivity contribution in [2.75, 3.05) is 6.61 Å². The molecule has 1 aromatic rings. The van der Waals surface area contributed by atoms with Crippen LogP contribution in [0.2, 0.25) is 0 Å². The van der Waals surface area contributed by atoms with Crippen molar-refractivity contribution in [1.82, 2.24) is 10.3 Å². The number of nitrogens with one attached hydrogen (secondary N) is 1. The van der Waals surface area contributed by atoms with Gasteiger partial charge in [-0.1, -0.05) is 13.8 Å². The monoisotopic (exact) mass is 373 g/mol. The summed E-state index contributed by atoms with van der Waals surface area (Å²) in [5, 5.41) is 2.47. The van der Waals surface area contributed by atoms with E-state index >= 15 is 0 Å². The van der Waals surface area contributed by atoms with Crippen molar-refractivity contribution in [3.05, 3.63) is 23.5 Å². The number of hydrogen-bond acceptors (Lipinski definition) is 4. The summed E-state index contributed by atoms with van der Waals surface area (Å²) in [7, 11) is 0. The molecule has 1 saturated carbocycles. The Labute approximate surface area is 149 Å². The first-order valence-electron chi connectivity index (χ1n) is 8.36. The lowest BCUT2D eigenvalue weighted by atomic mass is 10.0. The van der Waals surface area contributed by atoms with Gasteiger partial charge in [-0.3, -0.25) is 14.6 Å². The predicted octanol–water partition coefficient (Wildman–Crippen LogP) is 2.53. The fourth-order valence-electron chi connectivity index (χ4n) is 2.51. The molecular weight excluding hydrogens is 351 g/mol. The van der Waals surface area contributed by atoms with Crippen molar-refractivity contribution < 1.29 is 27.5 Å². The highest BCUT2D eigenvalue weighted by atomic mass is 19.4. The number of halogens is 3. The maximum Gasteiger partial charge on any atom is 0.422 e. The van der Waals surface area contributed by atoms with Crippen LogP contribution in [0.25, 0.3) is 0 Å². The molecule has 1 unspecified atom stereocenters. The Morgan fingerprint density at radius 1 is 1.38 bits per heavy atom. The van der Waals surface area contributed by atoms with Crippen molar-refractivity contribution in [2.45, 2.75) is 51.2 Å². The number of amides is 2. The van der Waals surface area contributed by atoms with Crippen molar-refractivity contribution in [3.8, 4) is 5.75 Å². The highest BCUT2D eigenvalue weighted by Crippen LogP contribution is 2.44. The van der Waals surface area contributed by atoms with E-state index < -0.39 is 30.6 Å². The van der Waals surface area contributed by atoms with E-state index in [2.05, 4.69) is 10.3 Å². The average molecular weight is 373 g/mol. The molecule has 1 aliphatic carbocycles. The zero-order valence-electron chi connectivity index (χ0n) is 14.6. The van der Waals surface area contributed by atoms with Gasteiger partial charge < -0.3 is 15.8 Å². The van der Waals surface area contributed by atoms with Crippen LogP contribution in [0.4, 0.5) is 13.2 Å². The van der Waals surface area contributed by atoms with Gasteiger partial charge in [-0.25, -0.2) is 0 Å². The number of carbonyl (C=O) groups excluding carboxylic acids is 2. The minimum Gasteiger partial charge on any atom is -0.484 e. The number of nitrogens with zero attached hydrogens (tertiary/aromatic N) is 1. The normalized spacial score (nSPS) is 15.6. The number of aromatic nitrogens is 1. The van der Waals surface area contributed by atoms with E-state index in [1.165, 1.54) is 12.3 Å². The summed E-state index contributed by atoms with van der Waals surface area (Å²) >= 11 is 0. The first-order chi connectivity index (χ1) is 12.1. The van der Waals surface area contributed by atoms with E-state index in [1.807, 2.05) is 13.8 Å². The number of ether oxygens (including phenoxy) is 1. The largest absolute Gasteiger partial charge is 0.484 e. The van der Waals surface area contributed by atoms with Gasteiger partial charge in [0.25, 0.3) is 5.91 Å². The van der Waals surface area contributed by atoms with Gasteiger partial charge >= 0.3 is 6.18 Å². The van der Waals surface area contributed by atoms with E-state index in [4.69, 9.17) is 10.5 Å². The SMILES string of the molecule is CC(C)CC(NC(=O)c1cc(OCC(F)(F)F)c(C2CC2)cn1)C(N)=O. The van der Waals surface area contributed by atoms with Gasteiger partial charge in [-0.05, 0) is 31.1 Å². The summed E-state index contributed by atoms with van der Waals surface area (Å²) in [6.45, 7) is 2.29. The van der Waals surface area contributed by atoms with Gasteiger partial charge in [0.05, 0.1) is 0 Å². The third-order valence-corrected chi connectivity index (χ3v) is 3.89. The molecule has 0 bridgehead atoms. The average Bonchev–Trinajstić information content (AvgIpc) is 3.35. The Bertz CT molecular complexity index is 673. The van der Waals surface area contributed by atoms with Crippen LogP contribution in [0.15, 0.2) is 12.3 Å². The lowest BCUT2D eigenvalue weighted by molar-refractivity contribution is -0.153. The molecule has 144 valence electrons. The maximum absolute atomic E-state index is 12.5. The van der Waals surface area contributed by atoms with Crippen molar-refractivity contribution in [3.63, 3.8) is 0 Å². The van der Waals surface area contributed by atoms with Crippen LogP contribution in [-0.2, 0) is 4.79 Å². The minimum atomic E-state index is -4.49. The Kier molecular flexibility index (Phi) is 6.09. The molecule has 1 heterocycles. The highest BCUT2D eigenvalue weighted by molar-refractivity contribution is 5.96. The first-order valence-corrected chi connectivity index (χ1v) is 8.36. The van der Waals surface area contributed by atoms with Gasteiger partial charge in [0.2, 0.25) is 5.91 Å². The number of pyridine rings is 1. The van der Waals surface area contributed by atoms with E-state index in [0.717, 1.165) is 12.8 Å². The van der Waals surface area contributed by atoms with E-state index in [-0.39, 0.29) is 23.3 Å². The van der Waals surface area contributed by atoms with Crippen LogP contribution < -0.4 is 15.8 Å². The van der Waals surface area contributed by atoms with Gasteiger partial charge in [0.1, 0.15) is 17.5 Å². The van der Waals surface area contributed by atoms with Crippen LogP contribution in [0.3, 0.4) is 0 Å². The van der Waals surface area contributed by atoms with Gasteiger partial charge in [-0.15, -0.1) is 0 Å². The Balaban J connectivity index is 2.17. The minimum absolute atomic E-state index is 0.00976. The van der Waals surface area contributed by atoms with Crippen LogP contribution in [0, 0.1) is 5.92 Å². The molecule has 9 heteroatoms. The van der Waals surface area contributed by atoms with Crippen molar-refractivity contribution in [2.24, 2.45) is 11.7 Å². The van der Waals surface area contributed by atoms with E-state index in [1.54, 1.807) is 0 Å². The Hall–Kier alpha value is -2.32. The summed E-state index contributed by atoms with van der Waals surface area (Å²) < 4.78 is 42.3. The molecule has 0 saturated heterocycles. The third-order valence-electron chi connectivity index (χ3n) is 3.89. The molecule has 1 aliphatic rings. The molecule has 3 N–H and O–H groups in total. The molecule has 0 radical (unpaired) electrons. The number of primary amides is 1. The summed E-state index contributed by atoms with van der Waals surface area (Å²) in [5.41, 5.74) is 5.72. The zero-order valence-corrected chi connectivity index (χ0v) is 14.6. The summed E-state index contributed by atoms with van der Waals surface area (Å²) in [5.74, 6) is -1.17. The van der Waals surface area contributed by atoms with Crippen LogP contribution in [0.1, 0.15) is 55.1 Å². The van der Waals surface area contributed by atoms with E-state index in [9.17, 15) is 22.8 Å². The quantitative estimate of drug-likeness (QED) is 0.732. The Morgan fingerprint density at radius 2 is 2.04 bits per heavy atom. The van der Waals surface area contributed by atoms with E-state index in [0.29, 0.717) is 12.0 Å². The molecular formula is C17H22F3N3O3. The molecule has 2 amide bonds. The molecule has 1 atom stereocenters. The molecule has 0 spiro atoms. The van der Waals surface area contributed by atoms with Crippen LogP contribution in [-0.4, -0.2) is 35.6 Å². The fraction of sp³-hybridized carbons (Fsp3) is 0.588. The van der Waals surface area contributed by atoms with Crippen molar-refractivity contribution in [1.29, 1.82) is 0 Å². The highest BCUT2D eigenvalue weighted by Gasteiger charge is 2.32. The second kappa shape index (κ2) is 7.92. The molecule has 1 aromatic heterocycles. The first kappa shape index (κ1) is 20.0. The van der Waals surface area contributed by atoms with Crippen LogP contribution >= 0.6 is 0 Å². The number of nitrogens with two attached hydrogens (primary N) is 1. The standard InChI is InChI=1S/C17H22F3N3O3/c1-9(2)5-12(15(21)24)23-16(25)13-6-14(26-8-17(18,19)20)11(7-22-13)10-3-4-10/h6-7,9-10,12H,3-5,8H2,1-2H3,(H2,21,24)(H,23,25). The van der Waals surface area contributed by atoms with Gasteiger partial charge in [-0.2, -0.15) is 13.2 Å². The summed E-state index contributed by atoms with van der Waals surface area (Å²) in [6, 6.07) is 0.300. The maximum atomic E-state index is 12.5. The Morgan fingerprint density at radius 3 is 2.54 bits per heavy atom. The smallest absolute Gasteiger partial charge is 0.422 e. The second-order valence-corrected chi connectivity index (χ2v) is 6.84. The number of hydrogen-bond donors (Lipinski definition) is 2. The third kappa shape index (κ3) is 5.89. The lowest BCUT2D eigenvalue weighted by Gasteiger charge is -2.18. The summed E-state index contributed by atoms with van der Waals surface area (Å²) in [6.07, 6.45) is -1.10. The predicted molar refractivity (Wildman–Crippen MR) is 87.7 cm³/mol. The molecule has 0 aromatic carbocycles. The zero-order chi connectivity index (χ0) is 19.5. The van der Waals surface area contributed by atoms with Gasteiger partial charge in [0, 0.05) is 17.8 Å². The molecule has 6 nitrogen and oxygen atoms in total. The molecule has 2 rings (SSSR count).